The third-order valence-corrected chi connectivity index (χ3v) is 4.48. The second-order valence-electron chi connectivity index (χ2n) is 4.45. The quantitative estimate of drug-likeness (QED) is 0.520. The van der Waals surface area contributed by atoms with Gasteiger partial charge in [-0.2, -0.15) is 0 Å². The number of benzene rings is 1. The summed E-state index contributed by atoms with van der Waals surface area (Å²) in [5, 5.41) is 4.54. The van der Waals surface area contributed by atoms with E-state index in [1.54, 1.807) is 19.4 Å². The number of anilines is 1. The van der Waals surface area contributed by atoms with Crippen molar-refractivity contribution < 1.29 is 4.57 Å². The van der Waals surface area contributed by atoms with Gasteiger partial charge in [-0.25, -0.2) is 0 Å². The summed E-state index contributed by atoms with van der Waals surface area (Å²) in [7, 11) is -2.35. The van der Waals surface area contributed by atoms with E-state index >= 15 is 0 Å². The highest BCUT2D eigenvalue weighted by Gasteiger charge is 2.16. The van der Waals surface area contributed by atoms with Crippen LogP contribution in [0, 0.1) is 0 Å². The van der Waals surface area contributed by atoms with Crippen LogP contribution in [0.15, 0.2) is 40.4 Å². The Morgan fingerprint density at radius 2 is 2.05 bits per heavy atom. The maximum absolute atomic E-state index is 12.3. The summed E-state index contributed by atoms with van der Waals surface area (Å²) in [6, 6.07) is 7.54. The molecule has 1 rings (SSSR count). The average Bonchev–Trinajstić information content (AvgIpc) is 2.36. The molecule has 0 amide bonds. The zero-order valence-corrected chi connectivity index (χ0v) is 13.4. The molecule has 0 aliphatic rings. The summed E-state index contributed by atoms with van der Waals surface area (Å²) in [5.74, 6) is 0.604. The van der Waals surface area contributed by atoms with Gasteiger partial charge in [0.05, 0.1) is 10.7 Å². The second-order valence-corrected chi connectivity index (χ2v) is 8.04. The number of nitrogens with one attached hydrogen (secondary N) is 1. The monoisotopic (exact) mass is 298 g/mol. The molecule has 0 aliphatic carbocycles. The standard InChI is InChI=1S/C14H20ClN2OP/c1-5-11(15)14(16-6-2)17-12-9-7-8-10-13(12)19(3,4)18/h5,7-10H,6H2,1-4H3,(H,16,17). The molecule has 19 heavy (non-hydrogen) atoms. The van der Waals surface area contributed by atoms with E-state index in [2.05, 4.69) is 10.3 Å². The molecule has 104 valence electrons. The SMILES string of the molecule is CC=C(Cl)C(=NCC)Nc1ccccc1P(C)(C)=O. The van der Waals surface area contributed by atoms with Crippen LogP contribution in [0.2, 0.25) is 0 Å². The first-order valence-corrected chi connectivity index (χ1v) is 9.16. The number of para-hydroxylation sites is 1. The van der Waals surface area contributed by atoms with Crippen molar-refractivity contribution in [2.45, 2.75) is 13.8 Å². The molecular weight excluding hydrogens is 279 g/mol. The smallest absolute Gasteiger partial charge is 0.144 e. The summed E-state index contributed by atoms with van der Waals surface area (Å²) < 4.78 is 12.3. The highest BCUT2D eigenvalue weighted by atomic mass is 35.5. The van der Waals surface area contributed by atoms with Crippen molar-refractivity contribution >= 4 is 35.6 Å². The molecule has 0 bridgehead atoms. The Morgan fingerprint density at radius 3 is 2.58 bits per heavy atom. The highest BCUT2D eigenvalue weighted by Crippen LogP contribution is 2.37. The van der Waals surface area contributed by atoms with E-state index in [1.807, 2.05) is 38.1 Å². The van der Waals surface area contributed by atoms with Crippen LogP contribution in [0.5, 0.6) is 0 Å². The number of nitrogens with zero attached hydrogens (tertiary/aromatic N) is 1. The molecular formula is C14H20ClN2OP. The first kappa shape index (κ1) is 16.0. The van der Waals surface area contributed by atoms with Crippen LogP contribution in [0.3, 0.4) is 0 Å². The third-order valence-electron chi connectivity index (χ3n) is 2.53. The van der Waals surface area contributed by atoms with Crippen molar-refractivity contribution in [2.75, 3.05) is 25.2 Å². The van der Waals surface area contributed by atoms with Crippen molar-refractivity contribution in [1.82, 2.24) is 0 Å². The first-order chi connectivity index (χ1) is 8.90. The molecule has 0 heterocycles. The Kier molecular flexibility index (Phi) is 5.84. The predicted octanol–water partition coefficient (Wildman–Crippen LogP) is 3.91. The van der Waals surface area contributed by atoms with Crippen LogP contribution in [0.1, 0.15) is 13.8 Å². The number of allylic oxidation sites excluding steroid dienone is 1. The van der Waals surface area contributed by atoms with Gasteiger partial charge in [0.1, 0.15) is 13.0 Å². The molecule has 0 aromatic heterocycles. The third kappa shape index (κ3) is 4.52. The molecule has 0 spiro atoms. The lowest BCUT2D eigenvalue weighted by Crippen LogP contribution is -2.19. The van der Waals surface area contributed by atoms with Gasteiger partial charge in [-0.1, -0.05) is 29.8 Å². The molecule has 0 unspecified atom stereocenters. The molecule has 3 nitrogen and oxygen atoms in total. The van der Waals surface area contributed by atoms with Gasteiger partial charge in [0.15, 0.2) is 0 Å². The van der Waals surface area contributed by atoms with Gasteiger partial charge in [-0.05, 0) is 39.3 Å². The summed E-state index contributed by atoms with van der Waals surface area (Å²) in [6.07, 6.45) is 1.78. The lowest BCUT2D eigenvalue weighted by atomic mass is 10.3. The van der Waals surface area contributed by atoms with Gasteiger partial charge in [0, 0.05) is 11.8 Å². The maximum Gasteiger partial charge on any atom is 0.144 e. The topological polar surface area (TPSA) is 41.5 Å². The number of hydrogen-bond acceptors (Lipinski definition) is 2. The van der Waals surface area contributed by atoms with Gasteiger partial charge < -0.3 is 9.88 Å². The minimum atomic E-state index is -2.35. The number of amidine groups is 1. The molecule has 0 atom stereocenters. The Balaban J connectivity index is 3.18. The van der Waals surface area contributed by atoms with Crippen molar-refractivity contribution in [3.63, 3.8) is 0 Å². The Labute approximate surface area is 120 Å². The van der Waals surface area contributed by atoms with Crippen LogP contribution in [0.25, 0.3) is 0 Å². The van der Waals surface area contributed by atoms with Crippen molar-refractivity contribution in [1.29, 1.82) is 0 Å². The molecule has 0 saturated heterocycles. The molecule has 0 fully saturated rings. The first-order valence-electron chi connectivity index (χ1n) is 6.18. The van der Waals surface area contributed by atoms with Crippen molar-refractivity contribution in [3.05, 3.63) is 35.4 Å². The molecule has 0 aliphatic heterocycles. The zero-order valence-electron chi connectivity index (χ0n) is 11.8. The minimum absolute atomic E-state index is 0.554. The van der Waals surface area contributed by atoms with Crippen molar-refractivity contribution in [3.8, 4) is 0 Å². The van der Waals surface area contributed by atoms with Crippen LogP contribution in [0.4, 0.5) is 5.69 Å². The second kappa shape index (κ2) is 6.93. The normalized spacial score (nSPS) is 13.5. The van der Waals surface area contributed by atoms with Crippen LogP contribution in [-0.4, -0.2) is 25.7 Å². The highest BCUT2D eigenvalue weighted by molar-refractivity contribution is 7.70. The van der Waals surface area contributed by atoms with Gasteiger partial charge >= 0.3 is 0 Å². The fourth-order valence-corrected chi connectivity index (χ4v) is 2.91. The predicted molar refractivity (Wildman–Crippen MR) is 86.7 cm³/mol. The van der Waals surface area contributed by atoms with Crippen LogP contribution in [-0.2, 0) is 4.57 Å². The van der Waals surface area contributed by atoms with E-state index in [1.165, 1.54) is 0 Å². The summed E-state index contributed by atoms with van der Waals surface area (Å²) in [6.45, 7) is 7.93. The van der Waals surface area contributed by atoms with E-state index in [-0.39, 0.29) is 0 Å². The van der Waals surface area contributed by atoms with Gasteiger partial charge in [-0.3, -0.25) is 4.99 Å². The van der Waals surface area contributed by atoms with E-state index < -0.39 is 7.14 Å². The van der Waals surface area contributed by atoms with Crippen LogP contribution < -0.4 is 10.6 Å². The number of hydrogen-bond donors (Lipinski definition) is 1. The molecule has 0 saturated carbocycles. The molecule has 5 heteroatoms. The number of rotatable bonds is 4. The molecule has 1 aromatic carbocycles. The lowest BCUT2D eigenvalue weighted by Gasteiger charge is -2.16. The number of halogens is 1. The fourth-order valence-electron chi connectivity index (χ4n) is 1.65. The van der Waals surface area contributed by atoms with E-state index in [9.17, 15) is 4.57 Å². The summed E-state index contributed by atoms with van der Waals surface area (Å²) in [4.78, 5) is 4.33. The van der Waals surface area contributed by atoms with Gasteiger partial charge in [0.25, 0.3) is 0 Å². The zero-order chi connectivity index (χ0) is 14.5. The number of aliphatic imine (C=N–C) groups is 1. The van der Waals surface area contributed by atoms with Crippen LogP contribution >= 0.6 is 18.7 Å². The van der Waals surface area contributed by atoms with Gasteiger partial charge in [-0.15, -0.1) is 0 Å². The minimum Gasteiger partial charge on any atom is -0.339 e. The Bertz CT molecular complexity index is 546. The summed E-state index contributed by atoms with van der Waals surface area (Å²) >= 11 is 6.13. The van der Waals surface area contributed by atoms with Crippen molar-refractivity contribution in [2.24, 2.45) is 4.99 Å². The van der Waals surface area contributed by atoms with E-state index in [0.717, 1.165) is 11.0 Å². The average molecular weight is 299 g/mol. The fraction of sp³-hybridized carbons (Fsp3) is 0.357. The molecule has 1 N–H and O–H groups in total. The largest absolute Gasteiger partial charge is 0.339 e. The van der Waals surface area contributed by atoms with Gasteiger partial charge in [0.2, 0.25) is 0 Å². The molecule has 0 radical (unpaired) electrons. The maximum atomic E-state index is 12.3. The van der Waals surface area contributed by atoms with E-state index in [0.29, 0.717) is 17.4 Å². The summed E-state index contributed by atoms with van der Waals surface area (Å²) in [5.41, 5.74) is 0.794. The Morgan fingerprint density at radius 1 is 1.42 bits per heavy atom. The van der Waals surface area contributed by atoms with E-state index in [4.69, 9.17) is 11.6 Å². The lowest BCUT2D eigenvalue weighted by molar-refractivity contribution is 0.588. The molecule has 1 aromatic rings. The Hall–Kier alpha value is -1.05.